The van der Waals surface area contributed by atoms with Gasteiger partial charge in [-0.15, -0.1) is 0 Å². The molecule has 0 aromatic carbocycles. The smallest absolute Gasteiger partial charge is 0.317 e. The Kier molecular flexibility index (Phi) is 3.32. The summed E-state index contributed by atoms with van der Waals surface area (Å²) in [7, 11) is 0. The molecule has 2 nitrogen and oxygen atoms in total. The van der Waals surface area contributed by atoms with Crippen LogP contribution in [0.1, 0.15) is 12.8 Å². The summed E-state index contributed by atoms with van der Waals surface area (Å²) in [6.45, 7) is 0.592. The summed E-state index contributed by atoms with van der Waals surface area (Å²) in [5.74, 6) is -8.41. The first kappa shape index (κ1) is 12.4. The highest BCUT2D eigenvalue weighted by atomic mass is 19.4. The van der Waals surface area contributed by atoms with Crippen LogP contribution in [0, 0.1) is 5.92 Å². The molecule has 7 heteroatoms. The highest BCUT2D eigenvalue weighted by molar-refractivity contribution is 5.88. The summed E-state index contributed by atoms with van der Waals surface area (Å²) < 4.78 is 60.8. The summed E-state index contributed by atoms with van der Waals surface area (Å²) >= 11 is 0. The Labute approximate surface area is 82.8 Å². The minimum absolute atomic E-state index is 0.0322. The minimum Gasteiger partial charge on any atom is -0.317 e. The highest BCUT2D eigenvalue weighted by Gasteiger charge is 2.64. The highest BCUT2D eigenvalue weighted by Crippen LogP contribution is 2.39. The van der Waals surface area contributed by atoms with Crippen molar-refractivity contribution in [2.24, 2.45) is 5.92 Å². The van der Waals surface area contributed by atoms with Gasteiger partial charge in [0, 0.05) is 5.92 Å². The molecule has 1 heterocycles. The van der Waals surface area contributed by atoms with Crippen LogP contribution in [0.15, 0.2) is 0 Å². The third-order valence-corrected chi connectivity index (χ3v) is 2.38. The fourth-order valence-corrected chi connectivity index (χ4v) is 1.48. The normalized spacial score (nSPS) is 20.3. The molecule has 0 aromatic rings. The van der Waals surface area contributed by atoms with Crippen LogP contribution >= 0.6 is 0 Å². The Hall–Kier alpha value is -0.720. The van der Waals surface area contributed by atoms with Crippen LogP contribution in [-0.2, 0) is 4.79 Å². The molecule has 0 radical (unpaired) electrons. The number of halogens is 5. The summed E-state index contributed by atoms with van der Waals surface area (Å²) in [5, 5.41) is 2.78. The van der Waals surface area contributed by atoms with Gasteiger partial charge >= 0.3 is 12.1 Å². The van der Waals surface area contributed by atoms with Gasteiger partial charge in [-0.2, -0.15) is 22.0 Å². The van der Waals surface area contributed by atoms with Gasteiger partial charge in [0.05, 0.1) is 0 Å². The molecule has 0 bridgehead atoms. The van der Waals surface area contributed by atoms with E-state index < -0.39 is 23.8 Å². The zero-order valence-electron chi connectivity index (χ0n) is 7.70. The fourth-order valence-electron chi connectivity index (χ4n) is 1.48. The minimum atomic E-state index is -5.78. The van der Waals surface area contributed by atoms with Crippen molar-refractivity contribution < 1.29 is 26.7 Å². The van der Waals surface area contributed by atoms with Crippen LogP contribution < -0.4 is 5.32 Å². The molecule has 1 saturated heterocycles. The molecule has 1 aliphatic heterocycles. The standard InChI is InChI=1S/C8H10F5NO/c9-7(10,8(11,12)13)6(15)5-1-3-14-4-2-5/h5,14H,1-4H2. The van der Waals surface area contributed by atoms with Crippen molar-refractivity contribution in [3.8, 4) is 0 Å². The Morgan fingerprint density at radius 2 is 1.53 bits per heavy atom. The number of rotatable bonds is 2. The van der Waals surface area contributed by atoms with Gasteiger partial charge in [-0.3, -0.25) is 4.79 Å². The van der Waals surface area contributed by atoms with Crippen molar-refractivity contribution in [1.29, 1.82) is 0 Å². The first-order chi connectivity index (χ1) is 6.77. The summed E-state index contributed by atoms with van der Waals surface area (Å²) in [4.78, 5) is 11.0. The van der Waals surface area contributed by atoms with E-state index in [0.717, 1.165) is 0 Å². The molecule has 1 rings (SSSR count). The van der Waals surface area contributed by atoms with Gasteiger partial charge in [0.2, 0.25) is 5.78 Å². The predicted molar refractivity (Wildman–Crippen MR) is 41.6 cm³/mol. The van der Waals surface area contributed by atoms with Gasteiger partial charge in [0.1, 0.15) is 0 Å². The Bertz CT molecular complexity index is 244. The van der Waals surface area contributed by atoms with Crippen LogP contribution in [0.4, 0.5) is 22.0 Å². The lowest BCUT2D eigenvalue weighted by atomic mass is 9.90. The van der Waals surface area contributed by atoms with Crippen LogP contribution in [0.5, 0.6) is 0 Å². The van der Waals surface area contributed by atoms with Gasteiger partial charge in [-0.25, -0.2) is 0 Å². The zero-order valence-corrected chi connectivity index (χ0v) is 7.70. The van der Waals surface area contributed by atoms with Crippen molar-refractivity contribution in [2.75, 3.05) is 13.1 Å². The van der Waals surface area contributed by atoms with E-state index in [0.29, 0.717) is 13.1 Å². The monoisotopic (exact) mass is 231 g/mol. The Balaban J connectivity index is 2.74. The van der Waals surface area contributed by atoms with Crippen molar-refractivity contribution in [3.63, 3.8) is 0 Å². The molecule has 0 atom stereocenters. The molecule has 0 spiro atoms. The largest absolute Gasteiger partial charge is 0.461 e. The molecule has 0 amide bonds. The van der Waals surface area contributed by atoms with Gasteiger partial charge in [0.25, 0.3) is 0 Å². The lowest BCUT2D eigenvalue weighted by Gasteiger charge is -2.26. The van der Waals surface area contributed by atoms with E-state index in [1.54, 1.807) is 0 Å². The summed E-state index contributed by atoms with van der Waals surface area (Å²) in [6.07, 6.45) is -5.72. The second kappa shape index (κ2) is 4.03. The molecule has 1 N–H and O–H groups in total. The molecule has 0 aromatic heterocycles. The number of hydrogen-bond acceptors (Lipinski definition) is 2. The molecular weight excluding hydrogens is 221 g/mol. The van der Waals surface area contributed by atoms with E-state index in [4.69, 9.17) is 0 Å². The maximum absolute atomic E-state index is 12.6. The van der Waals surface area contributed by atoms with E-state index in [9.17, 15) is 26.7 Å². The van der Waals surface area contributed by atoms with Gasteiger partial charge < -0.3 is 5.32 Å². The van der Waals surface area contributed by atoms with E-state index in [1.807, 2.05) is 0 Å². The maximum Gasteiger partial charge on any atom is 0.461 e. The van der Waals surface area contributed by atoms with E-state index >= 15 is 0 Å². The summed E-state index contributed by atoms with van der Waals surface area (Å²) in [6, 6.07) is 0. The van der Waals surface area contributed by atoms with Crippen molar-refractivity contribution in [1.82, 2.24) is 5.32 Å². The second-order valence-electron chi connectivity index (χ2n) is 3.46. The van der Waals surface area contributed by atoms with Gasteiger partial charge in [0.15, 0.2) is 0 Å². The average molecular weight is 231 g/mol. The molecule has 0 unspecified atom stereocenters. The molecule has 1 aliphatic rings. The molecule has 88 valence electrons. The third kappa shape index (κ3) is 2.45. The maximum atomic E-state index is 12.6. The lowest BCUT2D eigenvalue weighted by molar-refractivity contribution is -0.270. The number of carbonyl (C=O) groups excluding carboxylic acids is 1. The molecule has 0 aliphatic carbocycles. The van der Waals surface area contributed by atoms with E-state index in [-0.39, 0.29) is 12.8 Å². The SMILES string of the molecule is O=C(C1CCNCC1)C(F)(F)C(F)(F)F. The molecular formula is C8H10F5NO. The molecule has 15 heavy (non-hydrogen) atoms. The average Bonchev–Trinajstić information content (AvgIpc) is 2.16. The third-order valence-electron chi connectivity index (χ3n) is 2.38. The van der Waals surface area contributed by atoms with Gasteiger partial charge in [-0.05, 0) is 25.9 Å². The number of piperidine rings is 1. The first-order valence-corrected chi connectivity index (χ1v) is 4.46. The quantitative estimate of drug-likeness (QED) is 0.733. The second-order valence-corrected chi connectivity index (χ2v) is 3.46. The van der Waals surface area contributed by atoms with Crippen LogP contribution in [-0.4, -0.2) is 31.0 Å². The fraction of sp³-hybridized carbons (Fsp3) is 0.875. The van der Waals surface area contributed by atoms with Crippen LogP contribution in [0.3, 0.4) is 0 Å². The summed E-state index contributed by atoms with van der Waals surface area (Å²) in [5.41, 5.74) is 0. The van der Waals surface area contributed by atoms with Crippen molar-refractivity contribution >= 4 is 5.78 Å². The topological polar surface area (TPSA) is 29.1 Å². The molecule has 0 saturated carbocycles. The lowest BCUT2D eigenvalue weighted by Crippen LogP contribution is -2.49. The predicted octanol–water partition coefficient (Wildman–Crippen LogP) is 1.75. The Morgan fingerprint density at radius 1 is 1.07 bits per heavy atom. The number of carbonyl (C=O) groups is 1. The van der Waals surface area contributed by atoms with Crippen LogP contribution in [0.25, 0.3) is 0 Å². The van der Waals surface area contributed by atoms with Gasteiger partial charge in [-0.1, -0.05) is 0 Å². The zero-order chi connectivity index (χ0) is 11.7. The Morgan fingerprint density at radius 3 is 1.93 bits per heavy atom. The first-order valence-electron chi connectivity index (χ1n) is 4.46. The van der Waals surface area contributed by atoms with E-state index in [2.05, 4.69) is 5.32 Å². The number of Topliss-reactive ketones (excluding diaryl/α,β-unsaturated/α-hetero) is 1. The van der Waals surface area contributed by atoms with Crippen molar-refractivity contribution in [2.45, 2.75) is 24.9 Å². The number of ketones is 1. The number of hydrogen-bond donors (Lipinski definition) is 1. The number of alkyl halides is 5. The van der Waals surface area contributed by atoms with Crippen molar-refractivity contribution in [3.05, 3.63) is 0 Å². The van der Waals surface area contributed by atoms with E-state index in [1.165, 1.54) is 0 Å². The molecule has 1 fully saturated rings. The van der Waals surface area contributed by atoms with Crippen LogP contribution in [0.2, 0.25) is 0 Å². The number of nitrogens with one attached hydrogen (secondary N) is 1.